The lowest BCUT2D eigenvalue weighted by atomic mass is 10.2. The van der Waals surface area contributed by atoms with Crippen LogP contribution in [0.3, 0.4) is 0 Å². The van der Waals surface area contributed by atoms with Gasteiger partial charge in [-0.25, -0.2) is 9.18 Å². The average molecular weight is 255 g/mol. The fraction of sp³-hybridized carbons (Fsp3) is 0.333. The number of halogens is 1. The number of ether oxygens (including phenoxy) is 2. The summed E-state index contributed by atoms with van der Waals surface area (Å²) < 4.78 is 22.6. The standard InChI is InChI=1S/C12H14FNO4/c1-7(17-2)11(15)14-8-4-5-10(13)9(6-8)12(16)18-3/h4-7H,1-3H3,(H,14,15). The Labute approximate surface area is 104 Å². The lowest BCUT2D eigenvalue weighted by Crippen LogP contribution is -2.26. The zero-order valence-electron chi connectivity index (χ0n) is 10.3. The summed E-state index contributed by atoms with van der Waals surface area (Å²) in [4.78, 5) is 22.8. The van der Waals surface area contributed by atoms with Gasteiger partial charge in [0, 0.05) is 12.8 Å². The van der Waals surface area contributed by atoms with Gasteiger partial charge in [-0.2, -0.15) is 0 Å². The van der Waals surface area contributed by atoms with Crippen LogP contribution < -0.4 is 5.32 Å². The third kappa shape index (κ3) is 3.27. The second kappa shape index (κ2) is 6.11. The first-order valence-electron chi connectivity index (χ1n) is 5.21. The highest BCUT2D eigenvalue weighted by molar-refractivity contribution is 5.96. The van der Waals surface area contributed by atoms with Gasteiger partial charge in [-0.3, -0.25) is 4.79 Å². The summed E-state index contributed by atoms with van der Waals surface area (Å²) in [5, 5.41) is 2.50. The van der Waals surface area contributed by atoms with Crippen molar-refractivity contribution in [2.24, 2.45) is 0 Å². The number of amides is 1. The van der Waals surface area contributed by atoms with Crippen LogP contribution >= 0.6 is 0 Å². The molecule has 5 nitrogen and oxygen atoms in total. The molecule has 98 valence electrons. The third-order valence-corrected chi connectivity index (χ3v) is 2.36. The summed E-state index contributed by atoms with van der Waals surface area (Å²) in [6, 6.07) is 3.64. The smallest absolute Gasteiger partial charge is 0.340 e. The molecule has 0 aliphatic carbocycles. The zero-order valence-corrected chi connectivity index (χ0v) is 10.3. The monoisotopic (exact) mass is 255 g/mol. The maximum atomic E-state index is 13.3. The highest BCUT2D eigenvalue weighted by Gasteiger charge is 2.15. The van der Waals surface area contributed by atoms with Crippen molar-refractivity contribution < 1.29 is 23.5 Å². The van der Waals surface area contributed by atoms with Crippen LogP contribution in [0.25, 0.3) is 0 Å². The predicted octanol–water partition coefficient (Wildman–Crippen LogP) is 1.59. The molecule has 0 aromatic heterocycles. The first-order chi connectivity index (χ1) is 8.49. The molecule has 1 aromatic rings. The predicted molar refractivity (Wildman–Crippen MR) is 62.8 cm³/mol. The Balaban J connectivity index is 2.92. The average Bonchev–Trinajstić information content (AvgIpc) is 2.38. The van der Waals surface area contributed by atoms with E-state index >= 15 is 0 Å². The van der Waals surface area contributed by atoms with E-state index in [0.717, 1.165) is 13.2 Å². The summed E-state index contributed by atoms with van der Waals surface area (Å²) >= 11 is 0. The molecule has 0 bridgehead atoms. The van der Waals surface area contributed by atoms with Crippen LogP contribution in [0.5, 0.6) is 0 Å². The molecule has 0 saturated carbocycles. The van der Waals surface area contributed by atoms with Gasteiger partial charge in [0.05, 0.1) is 12.7 Å². The fourth-order valence-electron chi connectivity index (χ4n) is 1.22. The van der Waals surface area contributed by atoms with Crippen molar-refractivity contribution in [2.75, 3.05) is 19.5 Å². The van der Waals surface area contributed by atoms with Gasteiger partial charge >= 0.3 is 5.97 Å². The number of nitrogens with one attached hydrogen (secondary N) is 1. The molecule has 0 aliphatic heterocycles. The highest BCUT2D eigenvalue weighted by Crippen LogP contribution is 2.16. The van der Waals surface area contributed by atoms with E-state index in [1.54, 1.807) is 6.92 Å². The molecule has 0 saturated heterocycles. The first kappa shape index (κ1) is 14.1. The maximum Gasteiger partial charge on any atom is 0.340 e. The van der Waals surface area contributed by atoms with E-state index in [1.807, 2.05) is 0 Å². The van der Waals surface area contributed by atoms with Crippen LogP contribution in [0.1, 0.15) is 17.3 Å². The Morgan fingerprint density at radius 1 is 1.33 bits per heavy atom. The molecule has 1 amide bonds. The number of rotatable bonds is 4. The van der Waals surface area contributed by atoms with Gasteiger partial charge in [0.15, 0.2) is 0 Å². The number of esters is 1. The molecule has 18 heavy (non-hydrogen) atoms. The van der Waals surface area contributed by atoms with Crippen molar-refractivity contribution in [3.05, 3.63) is 29.6 Å². The fourth-order valence-corrected chi connectivity index (χ4v) is 1.22. The van der Waals surface area contributed by atoms with Crippen molar-refractivity contribution in [3.63, 3.8) is 0 Å². The molecule has 0 radical (unpaired) electrons. The Morgan fingerprint density at radius 3 is 2.56 bits per heavy atom. The molecule has 1 atom stereocenters. The third-order valence-electron chi connectivity index (χ3n) is 2.36. The highest BCUT2D eigenvalue weighted by atomic mass is 19.1. The van der Waals surface area contributed by atoms with Gasteiger partial charge in [-0.15, -0.1) is 0 Å². The number of methoxy groups -OCH3 is 2. The summed E-state index contributed by atoms with van der Waals surface area (Å²) in [6.07, 6.45) is -0.642. The minimum absolute atomic E-state index is 0.236. The van der Waals surface area contributed by atoms with E-state index in [9.17, 15) is 14.0 Å². The lowest BCUT2D eigenvalue weighted by molar-refractivity contribution is -0.124. The Bertz CT molecular complexity index is 461. The van der Waals surface area contributed by atoms with E-state index in [1.165, 1.54) is 19.2 Å². The van der Waals surface area contributed by atoms with Gasteiger partial charge in [-0.05, 0) is 25.1 Å². The number of hydrogen-bond acceptors (Lipinski definition) is 4. The summed E-state index contributed by atoms with van der Waals surface area (Å²) in [6.45, 7) is 1.57. The Kier molecular flexibility index (Phi) is 4.79. The minimum Gasteiger partial charge on any atom is -0.465 e. The number of benzene rings is 1. The van der Waals surface area contributed by atoms with Crippen LogP contribution in [0.15, 0.2) is 18.2 Å². The van der Waals surface area contributed by atoms with Gasteiger partial charge in [0.1, 0.15) is 11.9 Å². The molecule has 1 unspecified atom stereocenters. The Hall–Kier alpha value is -1.95. The molecular weight excluding hydrogens is 241 g/mol. The number of hydrogen-bond donors (Lipinski definition) is 1. The molecule has 1 aromatic carbocycles. The van der Waals surface area contributed by atoms with Crippen molar-refractivity contribution >= 4 is 17.6 Å². The van der Waals surface area contributed by atoms with E-state index in [2.05, 4.69) is 10.1 Å². The van der Waals surface area contributed by atoms with Crippen molar-refractivity contribution in [1.82, 2.24) is 0 Å². The van der Waals surface area contributed by atoms with E-state index in [-0.39, 0.29) is 11.5 Å². The van der Waals surface area contributed by atoms with E-state index in [0.29, 0.717) is 5.69 Å². The SMILES string of the molecule is COC(=O)c1cc(NC(=O)C(C)OC)ccc1F. The first-order valence-corrected chi connectivity index (χ1v) is 5.21. The number of carbonyl (C=O) groups excluding carboxylic acids is 2. The lowest BCUT2D eigenvalue weighted by Gasteiger charge is -2.11. The molecule has 1 N–H and O–H groups in total. The second-order valence-corrected chi connectivity index (χ2v) is 3.55. The minimum atomic E-state index is -0.802. The van der Waals surface area contributed by atoms with Gasteiger partial charge in [-0.1, -0.05) is 0 Å². The van der Waals surface area contributed by atoms with Crippen LogP contribution in [0, 0.1) is 5.82 Å². The number of carbonyl (C=O) groups is 2. The summed E-state index contributed by atoms with van der Waals surface area (Å²) in [5.74, 6) is -1.90. The molecular formula is C12H14FNO4. The molecule has 6 heteroatoms. The van der Waals surface area contributed by atoms with Crippen LogP contribution in [0.4, 0.5) is 10.1 Å². The molecule has 0 heterocycles. The summed E-state index contributed by atoms with van der Waals surface area (Å²) in [7, 11) is 2.55. The van der Waals surface area contributed by atoms with Crippen molar-refractivity contribution in [3.8, 4) is 0 Å². The van der Waals surface area contributed by atoms with Gasteiger partial charge in [0.2, 0.25) is 0 Å². The van der Waals surface area contributed by atoms with Crippen LogP contribution in [-0.4, -0.2) is 32.2 Å². The van der Waals surface area contributed by atoms with Crippen LogP contribution in [-0.2, 0) is 14.3 Å². The molecule has 0 aliphatic rings. The van der Waals surface area contributed by atoms with Gasteiger partial charge < -0.3 is 14.8 Å². The molecule has 1 rings (SSSR count). The zero-order chi connectivity index (χ0) is 13.7. The van der Waals surface area contributed by atoms with Crippen molar-refractivity contribution in [2.45, 2.75) is 13.0 Å². The summed E-state index contributed by atoms with van der Waals surface area (Å²) in [5.41, 5.74) is 0.0612. The maximum absolute atomic E-state index is 13.3. The molecule has 0 fully saturated rings. The Morgan fingerprint density at radius 2 is 2.00 bits per heavy atom. The van der Waals surface area contributed by atoms with E-state index in [4.69, 9.17) is 4.74 Å². The molecule has 0 spiro atoms. The second-order valence-electron chi connectivity index (χ2n) is 3.55. The largest absolute Gasteiger partial charge is 0.465 e. The van der Waals surface area contributed by atoms with Gasteiger partial charge in [0.25, 0.3) is 5.91 Å². The normalized spacial score (nSPS) is 11.8. The topological polar surface area (TPSA) is 64.6 Å². The number of anilines is 1. The quantitative estimate of drug-likeness (QED) is 0.830. The van der Waals surface area contributed by atoms with E-state index < -0.39 is 17.9 Å². The van der Waals surface area contributed by atoms with Crippen molar-refractivity contribution in [1.29, 1.82) is 0 Å². The van der Waals surface area contributed by atoms with Crippen LogP contribution in [0.2, 0.25) is 0 Å².